The fourth-order valence-corrected chi connectivity index (χ4v) is 1.04. The Morgan fingerprint density at radius 1 is 1.53 bits per heavy atom. The van der Waals surface area contributed by atoms with E-state index in [2.05, 4.69) is 5.10 Å². The fourth-order valence-electron chi connectivity index (χ4n) is 1.04. The molecule has 1 rings (SSSR count). The number of alkyl halides is 3. The number of hydrogen-bond acceptors (Lipinski definition) is 3. The molecule has 0 atom stereocenters. The number of halogens is 3. The van der Waals surface area contributed by atoms with Gasteiger partial charge in [0.25, 0.3) is 0 Å². The summed E-state index contributed by atoms with van der Waals surface area (Å²) in [7, 11) is 0. The summed E-state index contributed by atoms with van der Waals surface area (Å²) in [5, 5.41) is 13.5. The lowest BCUT2D eigenvalue weighted by atomic mass is 10.4. The average molecular weight is 251 g/mol. The Kier molecular flexibility index (Phi) is 3.39. The van der Waals surface area contributed by atoms with Crippen LogP contribution in [0.5, 0.6) is 0 Å². The number of amides is 1. The van der Waals surface area contributed by atoms with Crippen LogP contribution in [-0.4, -0.2) is 32.9 Å². The van der Waals surface area contributed by atoms with Crippen molar-refractivity contribution in [1.82, 2.24) is 9.78 Å². The predicted molar refractivity (Wildman–Crippen MR) is 49.3 cm³/mol. The summed E-state index contributed by atoms with van der Waals surface area (Å²) in [6.45, 7) is 0.903. The van der Waals surface area contributed by atoms with Crippen molar-refractivity contribution in [3.8, 4) is 0 Å². The van der Waals surface area contributed by atoms with Crippen molar-refractivity contribution in [1.29, 1.82) is 0 Å². The normalized spacial score (nSPS) is 11.3. The lowest BCUT2D eigenvalue weighted by Gasteiger charge is -2.05. The standard InChI is InChI=1S/C8H8F3N3O3/c1-4-2-14(3-5(15)16)13-6(4)12-7(17)8(9,10)11/h2H,3H2,1H3,(H,15,16)(H,12,13,17). The van der Waals surface area contributed by atoms with Crippen LogP contribution in [0, 0.1) is 6.92 Å². The first-order chi connectivity index (χ1) is 7.70. The fraction of sp³-hybridized carbons (Fsp3) is 0.375. The molecule has 0 saturated heterocycles. The first-order valence-corrected chi connectivity index (χ1v) is 4.34. The number of rotatable bonds is 3. The molecule has 1 aromatic rings. The largest absolute Gasteiger partial charge is 0.480 e. The molecule has 0 spiro atoms. The first-order valence-electron chi connectivity index (χ1n) is 4.34. The van der Waals surface area contributed by atoms with Crippen LogP contribution < -0.4 is 5.32 Å². The van der Waals surface area contributed by atoms with E-state index in [1.807, 2.05) is 0 Å². The van der Waals surface area contributed by atoms with E-state index in [0.29, 0.717) is 0 Å². The van der Waals surface area contributed by atoms with Gasteiger partial charge in [0.1, 0.15) is 6.54 Å². The second-order valence-electron chi connectivity index (χ2n) is 3.20. The molecule has 0 saturated carbocycles. The quantitative estimate of drug-likeness (QED) is 0.831. The van der Waals surface area contributed by atoms with E-state index in [9.17, 15) is 22.8 Å². The minimum Gasteiger partial charge on any atom is -0.480 e. The van der Waals surface area contributed by atoms with Crippen molar-refractivity contribution >= 4 is 17.7 Å². The van der Waals surface area contributed by atoms with Gasteiger partial charge < -0.3 is 10.4 Å². The van der Waals surface area contributed by atoms with Crippen LogP contribution in [0.25, 0.3) is 0 Å². The summed E-state index contributed by atoms with van der Waals surface area (Å²) >= 11 is 0. The average Bonchev–Trinajstić information content (AvgIpc) is 2.43. The molecule has 1 amide bonds. The second kappa shape index (κ2) is 4.44. The lowest BCUT2D eigenvalue weighted by Crippen LogP contribution is -2.30. The molecule has 0 unspecified atom stereocenters. The summed E-state index contributed by atoms with van der Waals surface area (Å²) in [6, 6.07) is 0. The summed E-state index contributed by atoms with van der Waals surface area (Å²) in [5.74, 6) is -3.66. The maximum absolute atomic E-state index is 11.9. The predicted octanol–water partition coefficient (Wildman–Crippen LogP) is 0.777. The van der Waals surface area contributed by atoms with Gasteiger partial charge in [-0.15, -0.1) is 0 Å². The van der Waals surface area contributed by atoms with Gasteiger partial charge in [0, 0.05) is 11.8 Å². The molecular formula is C8H8F3N3O3. The smallest absolute Gasteiger partial charge is 0.471 e. The maximum atomic E-state index is 11.9. The number of nitrogens with zero attached hydrogens (tertiary/aromatic N) is 2. The third-order valence-electron chi connectivity index (χ3n) is 1.73. The molecule has 0 aliphatic rings. The number of carbonyl (C=O) groups is 2. The maximum Gasteiger partial charge on any atom is 0.471 e. The molecular weight excluding hydrogens is 243 g/mol. The molecule has 2 N–H and O–H groups in total. The van der Waals surface area contributed by atoms with Gasteiger partial charge in [0.2, 0.25) is 0 Å². The van der Waals surface area contributed by atoms with Crippen LogP contribution in [0.15, 0.2) is 6.20 Å². The molecule has 9 heteroatoms. The Bertz CT molecular complexity index is 453. The Morgan fingerprint density at radius 2 is 2.12 bits per heavy atom. The highest BCUT2D eigenvalue weighted by Crippen LogP contribution is 2.19. The number of carboxylic acids is 1. The van der Waals surface area contributed by atoms with Gasteiger partial charge in [-0.05, 0) is 6.92 Å². The van der Waals surface area contributed by atoms with Crippen molar-refractivity contribution in [3.05, 3.63) is 11.8 Å². The molecule has 94 valence electrons. The van der Waals surface area contributed by atoms with Crippen LogP contribution in [0.2, 0.25) is 0 Å². The summed E-state index contributed by atoms with van der Waals surface area (Å²) in [4.78, 5) is 21.0. The Morgan fingerprint density at radius 3 is 2.59 bits per heavy atom. The van der Waals surface area contributed by atoms with Crippen molar-refractivity contribution in [3.63, 3.8) is 0 Å². The molecule has 6 nitrogen and oxygen atoms in total. The minimum atomic E-state index is -5.01. The molecule has 0 radical (unpaired) electrons. The van der Waals surface area contributed by atoms with Crippen molar-refractivity contribution < 1.29 is 27.9 Å². The van der Waals surface area contributed by atoms with Crippen LogP contribution >= 0.6 is 0 Å². The van der Waals surface area contributed by atoms with E-state index >= 15 is 0 Å². The number of carboxylic acid groups (broad SMARTS) is 1. The summed E-state index contributed by atoms with van der Waals surface area (Å²) in [6.07, 6.45) is -3.79. The molecule has 0 fully saturated rings. The van der Waals surface area contributed by atoms with E-state index in [4.69, 9.17) is 5.11 Å². The van der Waals surface area contributed by atoms with Gasteiger partial charge in [-0.2, -0.15) is 18.3 Å². The van der Waals surface area contributed by atoms with E-state index in [1.54, 1.807) is 5.32 Å². The molecule has 0 aliphatic carbocycles. The third-order valence-corrected chi connectivity index (χ3v) is 1.73. The van der Waals surface area contributed by atoms with Gasteiger partial charge >= 0.3 is 18.1 Å². The molecule has 1 aromatic heterocycles. The van der Waals surface area contributed by atoms with Crippen molar-refractivity contribution in [2.45, 2.75) is 19.6 Å². The van der Waals surface area contributed by atoms with E-state index in [1.165, 1.54) is 13.1 Å². The Labute approximate surface area is 93.0 Å². The molecule has 0 bridgehead atoms. The van der Waals surface area contributed by atoms with Crippen LogP contribution in [0.1, 0.15) is 5.56 Å². The zero-order chi connectivity index (χ0) is 13.2. The Hall–Kier alpha value is -2.06. The van der Waals surface area contributed by atoms with Gasteiger partial charge in [-0.3, -0.25) is 14.3 Å². The van der Waals surface area contributed by atoms with Gasteiger partial charge in [0.05, 0.1) is 0 Å². The molecule has 17 heavy (non-hydrogen) atoms. The topological polar surface area (TPSA) is 84.2 Å². The number of aryl methyl sites for hydroxylation is 1. The number of hydrogen-bond donors (Lipinski definition) is 2. The lowest BCUT2D eigenvalue weighted by molar-refractivity contribution is -0.167. The van der Waals surface area contributed by atoms with E-state index in [-0.39, 0.29) is 11.4 Å². The number of aromatic nitrogens is 2. The second-order valence-corrected chi connectivity index (χ2v) is 3.20. The number of carbonyl (C=O) groups excluding carboxylic acids is 1. The van der Waals surface area contributed by atoms with Gasteiger partial charge in [-0.1, -0.05) is 0 Å². The number of aliphatic carboxylic acids is 1. The highest BCUT2D eigenvalue weighted by atomic mass is 19.4. The van der Waals surface area contributed by atoms with Crippen molar-refractivity contribution in [2.24, 2.45) is 0 Å². The minimum absolute atomic E-state index is 0.240. The Balaban J connectivity index is 2.82. The SMILES string of the molecule is Cc1cn(CC(=O)O)nc1NC(=O)C(F)(F)F. The zero-order valence-electron chi connectivity index (χ0n) is 8.58. The molecule has 1 heterocycles. The number of anilines is 1. The summed E-state index contributed by atoms with van der Waals surface area (Å²) in [5.41, 5.74) is 0.240. The van der Waals surface area contributed by atoms with Crippen LogP contribution in [0.3, 0.4) is 0 Å². The molecule has 0 aromatic carbocycles. The van der Waals surface area contributed by atoms with Crippen LogP contribution in [0.4, 0.5) is 19.0 Å². The van der Waals surface area contributed by atoms with Gasteiger partial charge in [0.15, 0.2) is 5.82 Å². The molecule has 0 aliphatic heterocycles. The van der Waals surface area contributed by atoms with Gasteiger partial charge in [-0.25, -0.2) is 0 Å². The van der Waals surface area contributed by atoms with Crippen LogP contribution in [-0.2, 0) is 16.1 Å². The van der Waals surface area contributed by atoms with E-state index < -0.39 is 24.6 Å². The first kappa shape index (κ1) is 13.0. The highest BCUT2D eigenvalue weighted by Gasteiger charge is 2.39. The highest BCUT2D eigenvalue weighted by molar-refractivity contribution is 5.94. The number of nitrogens with one attached hydrogen (secondary N) is 1. The zero-order valence-corrected chi connectivity index (χ0v) is 8.58. The van der Waals surface area contributed by atoms with Crippen molar-refractivity contribution in [2.75, 3.05) is 5.32 Å². The summed E-state index contributed by atoms with van der Waals surface area (Å²) < 4.78 is 36.7. The van der Waals surface area contributed by atoms with E-state index in [0.717, 1.165) is 4.68 Å². The third kappa shape index (κ3) is 3.47. The monoisotopic (exact) mass is 251 g/mol.